The normalized spacial score (nSPS) is 10.3. The first-order chi connectivity index (χ1) is 9.13. The van der Waals surface area contributed by atoms with Gasteiger partial charge < -0.3 is 10.1 Å². The van der Waals surface area contributed by atoms with Crippen LogP contribution in [0.25, 0.3) is 0 Å². The molecule has 0 fully saturated rings. The summed E-state index contributed by atoms with van der Waals surface area (Å²) in [6.45, 7) is 2.01. The van der Waals surface area contributed by atoms with Crippen molar-refractivity contribution in [3.8, 4) is 11.6 Å². The summed E-state index contributed by atoms with van der Waals surface area (Å²) in [5, 5.41) is 4.05. The summed E-state index contributed by atoms with van der Waals surface area (Å²) < 4.78 is 5.74. The van der Waals surface area contributed by atoms with E-state index < -0.39 is 0 Å². The lowest BCUT2D eigenvalue weighted by molar-refractivity contribution is 0.455. The fourth-order valence-electron chi connectivity index (χ4n) is 1.72. The number of benzene rings is 1. The van der Waals surface area contributed by atoms with E-state index in [1.807, 2.05) is 14.0 Å². The molecule has 1 heterocycles. The third-order valence-electron chi connectivity index (χ3n) is 2.55. The third kappa shape index (κ3) is 3.28. The molecule has 0 saturated heterocycles. The maximum absolute atomic E-state index is 5.94. The Bertz CT molecular complexity index is 570. The van der Waals surface area contributed by atoms with E-state index in [2.05, 4.69) is 15.3 Å². The molecule has 1 N–H and O–H groups in total. The van der Waals surface area contributed by atoms with E-state index in [0.717, 1.165) is 17.8 Å². The Hall–Kier alpha value is -1.52. The molecule has 0 aliphatic carbocycles. The molecule has 19 heavy (non-hydrogen) atoms. The maximum Gasteiger partial charge on any atom is 0.227 e. The minimum Gasteiger partial charge on any atom is -0.438 e. The van der Waals surface area contributed by atoms with E-state index in [1.54, 1.807) is 18.2 Å². The summed E-state index contributed by atoms with van der Waals surface area (Å²) in [5.41, 5.74) is 0.904. The lowest BCUT2D eigenvalue weighted by atomic mass is 10.2. The van der Waals surface area contributed by atoms with Gasteiger partial charge in [0.15, 0.2) is 0 Å². The molecule has 0 unspecified atom stereocenters. The number of anilines is 1. The number of rotatable bonds is 4. The predicted octanol–water partition coefficient (Wildman–Crippen LogP) is 4.18. The summed E-state index contributed by atoms with van der Waals surface area (Å²) >= 11 is 11.9. The van der Waals surface area contributed by atoms with Gasteiger partial charge in [-0.2, -0.15) is 0 Å². The second kappa shape index (κ2) is 6.08. The summed E-state index contributed by atoms with van der Waals surface area (Å²) in [7, 11) is 1.81. The number of ether oxygens (including phenoxy) is 1. The van der Waals surface area contributed by atoms with Crippen molar-refractivity contribution in [3.05, 3.63) is 40.1 Å². The standard InChI is InChI=1S/C13H13Cl2N3O/c1-3-11-12(16-2)17-7-18-13(11)19-10-5-8(14)4-9(15)6-10/h4-7H,3H2,1-2H3,(H,16,17,18). The minimum atomic E-state index is 0.500. The van der Waals surface area contributed by atoms with Crippen molar-refractivity contribution in [2.45, 2.75) is 13.3 Å². The Morgan fingerprint density at radius 2 is 1.84 bits per heavy atom. The van der Waals surface area contributed by atoms with Gasteiger partial charge in [0.2, 0.25) is 5.88 Å². The molecule has 1 aromatic carbocycles. The Morgan fingerprint density at radius 3 is 2.42 bits per heavy atom. The molecule has 0 radical (unpaired) electrons. The van der Waals surface area contributed by atoms with Gasteiger partial charge in [-0.05, 0) is 24.6 Å². The van der Waals surface area contributed by atoms with E-state index in [4.69, 9.17) is 27.9 Å². The zero-order valence-corrected chi connectivity index (χ0v) is 12.1. The van der Waals surface area contributed by atoms with Crippen LogP contribution in [0, 0.1) is 0 Å². The number of hydrogen-bond donors (Lipinski definition) is 1. The van der Waals surface area contributed by atoms with Crippen LogP contribution in [-0.2, 0) is 6.42 Å². The molecule has 0 aliphatic heterocycles. The van der Waals surface area contributed by atoms with E-state index in [0.29, 0.717) is 21.7 Å². The van der Waals surface area contributed by atoms with Gasteiger partial charge in [-0.15, -0.1) is 0 Å². The van der Waals surface area contributed by atoms with Crippen LogP contribution in [0.15, 0.2) is 24.5 Å². The molecule has 0 bridgehead atoms. The molecule has 0 spiro atoms. The number of nitrogens with one attached hydrogen (secondary N) is 1. The topological polar surface area (TPSA) is 47.0 Å². The van der Waals surface area contributed by atoms with Crippen molar-refractivity contribution in [1.82, 2.24) is 9.97 Å². The molecule has 0 amide bonds. The van der Waals surface area contributed by atoms with Gasteiger partial charge in [-0.3, -0.25) is 0 Å². The molecule has 4 nitrogen and oxygen atoms in total. The van der Waals surface area contributed by atoms with Gasteiger partial charge in [0, 0.05) is 17.1 Å². The predicted molar refractivity (Wildman–Crippen MR) is 77.5 cm³/mol. The highest BCUT2D eigenvalue weighted by Crippen LogP contribution is 2.30. The summed E-state index contributed by atoms with van der Waals surface area (Å²) in [4.78, 5) is 8.30. The smallest absolute Gasteiger partial charge is 0.227 e. The van der Waals surface area contributed by atoms with Gasteiger partial charge in [0.25, 0.3) is 0 Å². The van der Waals surface area contributed by atoms with Crippen LogP contribution in [0.3, 0.4) is 0 Å². The highest BCUT2D eigenvalue weighted by atomic mass is 35.5. The summed E-state index contributed by atoms with van der Waals surface area (Å²) in [5.74, 6) is 1.80. The Kier molecular flexibility index (Phi) is 4.45. The monoisotopic (exact) mass is 297 g/mol. The zero-order valence-electron chi connectivity index (χ0n) is 10.6. The lowest BCUT2D eigenvalue weighted by Gasteiger charge is -2.12. The van der Waals surface area contributed by atoms with E-state index >= 15 is 0 Å². The SMILES string of the molecule is CCc1c(NC)ncnc1Oc1cc(Cl)cc(Cl)c1. The first-order valence-corrected chi connectivity index (χ1v) is 6.55. The summed E-state index contributed by atoms with van der Waals surface area (Å²) in [6.07, 6.45) is 2.20. The molecule has 0 aliphatic rings. The van der Waals surface area contributed by atoms with Crippen molar-refractivity contribution >= 4 is 29.0 Å². The first kappa shape index (κ1) is 13.9. The van der Waals surface area contributed by atoms with Gasteiger partial charge in [0.05, 0.1) is 5.56 Å². The fourth-order valence-corrected chi connectivity index (χ4v) is 2.22. The molecular weight excluding hydrogens is 285 g/mol. The first-order valence-electron chi connectivity index (χ1n) is 5.79. The number of aromatic nitrogens is 2. The molecular formula is C13H13Cl2N3O. The molecule has 2 aromatic rings. The number of nitrogens with zero attached hydrogens (tertiary/aromatic N) is 2. The van der Waals surface area contributed by atoms with Crippen LogP contribution in [0.2, 0.25) is 10.0 Å². The van der Waals surface area contributed by atoms with Crippen molar-refractivity contribution in [2.24, 2.45) is 0 Å². The third-order valence-corrected chi connectivity index (χ3v) is 2.98. The van der Waals surface area contributed by atoms with E-state index in [9.17, 15) is 0 Å². The quantitative estimate of drug-likeness (QED) is 0.919. The number of hydrogen-bond acceptors (Lipinski definition) is 4. The molecule has 2 rings (SSSR count). The van der Waals surface area contributed by atoms with Crippen LogP contribution in [0.5, 0.6) is 11.6 Å². The van der Waals surface area contributed by atoms with Gasteiger partial charge in [-0.1, -0.05) is 30.1 Å². The summed E-state index contributed by atoms with van der Waals surface area (Å²) in [6, 6.07) is 5.03. The van der Waals surface area contributed by atoms with Gasteiger partial charge in [-0.25, -0.2) is 9.97 Å². The highest BCUT2D eigenvalue weighted by Gasteiger charge is 2.11. The van der Waals surface area contributed by atoms with Crippen LogP contribution < -0.4 is 10.1 Å². The second-order valence-corrected chi connectivity index (χ2v) is 4.69. The van der Waals surface area contributed by atoms with Crippen molar-refractivity contribution in [2.75, 3.05) is 12.4 Å². The lowest BCUT2D eigenvalue weighted by Crippen LogP contribution is -2.02. The number of halogens is 2. The fraction of sp³-hybridized carbons (Fsp3) is 0.231. The van der Waals surface area contributed by atoms with Gasteiger partial charge in [0.1, 0.15) is 17.9 Å². The highest BCUT2D eigenvalue weighted by molar-refractivity contribution is 6.34. The average molecular weight is 298 g/mol. The maximum atomic E-state index is 5.94. The van der Waals surface area contributed by atoms with E-state index in [-0.39, 0.29) is 0 Å². The van der Waals surface area contributed by atoms with Crippen LogP contribution >= 0.6 is 23.2 Å². The Labute approximate surface area is 121 Å². The van der Waals surface area contributed by atoms with Gasteiger partial charge >= 0.3 is 0 Å². The van der Waals surface area contributed by atoms with Crippen molar-refractivity contribution in [3.63, 3.8) is 0 Å². The second-order valence-electron chi connectivity index (χ2n) is 3.82. The Morgan fingerprint density at radius 1 is 1.16 bits per heavy atom. The van der Waals surface area contributed by atoms with Crippen molar-refractivity contribution < 1.29 is 4.74 Å². The molecule has 1 aromatic heterocycles. The largest absolute Gasteiger partial charge is 0.438 e. The molecule has 0 atom stereocenters. The Balaban J connectivity index is 2.37. The van der Waals surface area contributed by atoms with Crippen molar-refractivity contribution in [1.29, 1.82) is 0 Å². The minimum absolute atomic E-state index is 0.500. The van der Waals surface area contributed by atoms with Crippen LogP contribution in [0.1, 0.15) is 12.5 Å². The molecule has 6 heteroatoms. The van der Waals surface area contributed by atoms with Crippen LogP contribution in [0.4, 0.5) is 5.82 Å². The molecule has 0 saturated carbocycles. The average Bonchev–Trinajstić information content (AvgIpc) is 2.37. The zero-order chi connectivity index (χ0) is 13.8. The van der Waals surface area contributed by atoms with E-state index in [1.165, 1.54) is 6.33 Å². The molecule has 100 valence electrons. The van der Waals surface area contributed by atoms with Crippen LogP contribution in [-0.4, -0.2) is 17.0 Å².